The van der Waals surface area contributed by atoms with Gasteiger partial charge in [0.05, 0.1) is 10.7 Å². The van der Waals surface area contributed by atoms with Crippen molar-refractivity contribution in [1.29, 1.82) is 0 Å². The maximum Gasteiger partial charge on any atom is 0.263 e. The Kier molecular flexibility index (Phi) is 2.81. The molecule has 66 valence electrons. The minimum absolute atomic E-state index is 0.0373. The molecule has 1 amide bonds. The Balaban J connectivity index is 2.99. The van der Waals surface area contributed by atoms with E-state index in [1.54, 1.807) is 7.05 Å². The number of amides is 1. The molecule has 0 atom stereocenters. The molecule has 0 fully saturated rings. The second-order valence-electron chi connectivity index (χ2n) is 2.45. The van der Waals surface area contributed by atoms with Gasteiger partial charge in [0.2, 0.25) is 0 Å². The first-order valence-electron chi connectivity index (χ1n) is 3.87. The highest BCUT2D eigenvalue weighted by atomic mass is 32.1. The molecule has 0 radical (unpaired) electrons. The molecule has 0 aromatic carbocycles. The SMILES string of the molecule is CCc1nc(C)c(C(=O)NC)s1. The number of hydrogen-bond acceptors (Lipinski definition) is 3. The van der Waals surface area contributed by atoms with Crippen molar-refractivity contribution in [3.63, 3.8) is 0 Å². The van der Waals surface area contributed by atoms with Gasteiger partial charge in [0.15, 0.2) is 0 Å². The molecule has 0 saturated carbocycles. The van der Waals surface area contributed by atoms with E-state index in [9.17, 15) is 4.79 Å². The fraction of sp³-hybridized carbons (Fsp3) is 0.500. The largest absolute Gasteiger partial charge is 0.354 e. The number of nitrogens with zero attached hydrogens (tertiary/aromatic N) is 1. The number of rotatable bonds is 2. The summed E-state index contributed by atoms with van der Waals surface area (Å²) in [6.07, 6.45) is 0.891. The Morgan fingerprint density at radius 2 is 2.33 bits per heavy atom. The van der Waals surface area contributed by atoms with E-state index in [1.165, 1.54) is 11.3 Å². The van der Waals surface area contributed by atoms with Crippen LogP contribution in [-0.4, -0.2) is 17.9 Å². The van der Waals surface area contributed by atoms with Gasteiger partial charge in [0.25, 0.3) is 5.91 Å². The number of hydrogen-bond donors (Lipinski definition) is 1. The summed E-state index contributed by atoms with van der Waals surface area (Å²) in [4.78, 5) is 16.2. The second kappa shape index (κ2) is 3.67. The zero-order chi connectivity index (χ0) is 9.14. The van der Waals surface area contributed by atoms with Crippen LogP contribution in [-0.2, 0) is 6.42 Å². The Morgan fingerprint density at radius 3 is 2.75 bits per heavy atom. The number of thiazole rings is 1. The molecule has 0 aliphatic rings. The summed E-state index contributed by atoms with van der Waals surface area (Å²) in [5.74, 6) is -0.0373. The molecule has 1 N–H and O–H groups in total. The normalized spacial score (nSPS) is 9.92. The van der Waals surface area contributed by atoms with Crippen LogP contribution in [0.15, 0.2) is 0 Å². The van der Waals surface area contributed by atoms with Crippen molar-refractivity contribution in [1.82, 2.24) is 10.3 Å². The molecule has 1 heterocycles. The van der Waals surface area contributed by atoms with Crippen molar-refractivity contribution < 1.29 is 4.79 Å². The van der Waals surface area contributed by atoms with E-state index in [0.29, 0.717) is 0 Å². The lowest BCUT2D eigenvalue weighted by Crippen LogP contribution is -2.17. The molecule has 0 aliphatic heterocycles. The van der Waals surface area contributed by atoms with E-state index in [-0.39, 0.29) is 5.91 Å². The minimum atomic E-state index is -0.0373. The molecule has 4 heteroatoms. The maximum atomic E-state index is 11.2. The summed E-state index contributed by atoms with van der Waals surface area (Å²) in [6, 6.07) is 0. The van der Waals surface area contributed by atoms with Crippen molar-refractivity contribution in [3.8, 4) is 0 Å². The summed E-state index contributed by atoms with van der Waals surface area (Å²) < 4.78 is 0. The number of aryl methyl sites for hydroxylation is 2. The molecule has 0 spiro atoms. The third kappa shape index (κ3) is 1.64. The highest BCUT2D eigenvalue weighted by Gasteiger charge is 2.12. The van der Waals surface area contributed by atoms with E-state index in [4.69, 9.17) is 0 Å². The molecular weight excluding hydrogens is 172 g/mol. The number of carbonyl (C=O) groups excluding carboxylic acids is 1. The zero-order valence-electron chi connectivity index (χ0n) is 7.47. The topological polar surface area (TPSA) is 42.0 Å². The lowest BCUT2D eigenvalue weighted by atomic mass is 10.4. The van der Waals surface area contributed by atoms with Crippen LogP contribution >= 0.6 is 11.3 Å². The van der Waals surface area contributed by atoms with Crippen LogP contribution in [0.3, 0.4) is 0 Å². The Bertz CT molecular complexity index is 293. The van der Waals surface area contributed by atoms with E-state index in [0.717, 1.165) is 22.0 Å². The monoisotopic (exact) mass is 184 g/mol. The summed E-state index contributed by atoms with van der Waals surface area (Å²) in [5.41, 5.74) is 0.830. The molecule has 12 heavy (non-hydrogen) atoms. The van der Waals surface area contributed by atoms with Crippen LogP contribution < -0.4 is 5.32 Å². The average molecular weight is 184 g/mol. The smallest absolute Gasteiger partial charge is 0.263 e. The predicted octanol–water partition coefficient (Wildman–Crippen LogP) is 1.37. The first-order chi connectivity index (χ1) is 5.69. The Labute approximate surface area is 75.8 Å². The molecular formula is C8H12N2OS. The lowest BCUT2D eigenvalue weighted by molar-refractivity contribution is 0.0966. The quantitative estimate of drug-likeness (QED) is 0.754. The number of nitrogens with one attached hydrogen (secondary N) is 1. The van der Waals surface area contributed by atoms with Gasteiger partial charge in [-0.3, -0.25) is 4.79 Å². The van der Waals surface area contributed by atoms with Gasteiger partial charge in [-0.15, -0.1) is 11.3 Å². The van der Waals surface area contributed by atoms with E-state index in [2.05, 4.69) is 10.3 Å². The number of carbonyl (C=O) groups is 1. The first kappa shape index (κ1) is 9.19. The van der Waals surface area contributed by atoms with Crippen molar-refractivity contribution in [3.05, 3.63) is 15.6 Å². The van der Waals surface area contributed by atoms with Crippen LogP contribution in [0, 0.1) is 6.92 Å². The summed E-state index contributed by atoms with van der Waals surface area (Å²) in [7, 11) is 1.63. The third-order valence-corrected chi connectivity index (χ3v) is 2.88. The Morgan fingerprint density at radius 1 is 1.67 bits per heavy atom. The Hall–Kier alpha value is -0.900. The molecule has 1 aromatic heterocycles. The predicted molar refractivity (Wildman–Crippen MR) is 49.6 cm³/mol. The zero-order valence-corrected chi connectivity index (χ0v) is 8.29. The highest BCUT2D eigenvalue weighted by Crippen LogP contribution is 2.17. The van der Waals surface area contributed by atoms with Crippen molar-refractivity contribution >= 4 is 17.2 Å². The van der Waals surface area contributed by atoms with Crippen LogP contribution in [0.2, 0.25) is 0 Å². The lowest BCUT2D eigenvalue weighted by Gasteiger charge is -1.93. The van der Waals surface area contributed by atoms with Crippen LogP contribution in [0.5, 0.6) is 0 Å². The fourth-order valence-corrected chi connectivity index (χ4v) is 1.88. The third-order valence-electron chi connectivity index (χ3n) is 1.58. The van der Waals surface area contributed by atoms with Gasteiger partial charge in [-0.25, -0.2) is 4.98 Å². The van der Waals surface area contributed by atoms with Gasteiger partial charge < -0.3 is 5.32 Å². The molecule has 0 saturated heterocycles. The standard InChI is InChI=1S/C8H12N2OS/c1-4-6-10-5(2)7(12-6)8(11)9-3/h4H2,1-3H3,(H,9,11). The fourth-order valence-electron chi connectivity index (χ4n) is 0.928. The maximum absolute atomic E-state index is 11.2. The van der Waals surface area contributed by atoms with E-state index in [1.807, 2.05) is 13.8 Å². The van der Waals surface area contributed by atoms with Gasteiger partial charge in [0, 0.05) is 7.05 Å². The van der Waals surface area contributed by atoms with Gasteiger partial charge in [-0.05, 0) is 13.3 Å². The number of aromatic nitrogens is 1. The van der Waals surface area contributed by atoms with Crippen LogP contribution in [0.1, 0.15) is 27.3 Å². The molecule has 1 rings (SSSR count). The van der Waals surface area contributed by atoms with Gasteiger partial charge in [-0.1, -0.05) is 6.92 Å². The average Bonchev–Trinajstić information content (AvgIpc) is 2.45. The van der Waals surface area contributed by atoms with E-state index < -0.39 is 0 Å². The first-order valence-corrected chi connectivity index (χ1v) is 4.69. The van der Waals surface area contributed by atoms with Crippen molar-refractivity contribution in [2.75, 3.05) is 7.05 Å². The molecule has 0 bridgehead atoms. The second-order valence-corrected chi connectivity index (χ2v) is 3.54. The van der Waals surface area contributed by atoms with Crippen LogP contribution in [0.4, 0.5) is 0 Å². The van der Waals surface area contributed by atoms with Crippen LogP contribution in [0.25, 0.3) is 0 Å². The minimum Gasteiger partial charge on any atom is -0.354 e. The van der Waals surface area contributed by atoms with Crippen molar-refractivity contribution in [2.45, 2.75) is 20.3 Å². The van der Waals surface area contributed by atoms with Crippen molar-refractivity contribution in [2.24, 2.45) is 0 Å². The highest BCUT2D eigenvalue weighted by molar-refractivity contribution is 7.13. The van der Waals surface area contributed by atoms with Gasteiger partial charge in [-0.2, -0.15) is 0 Å². The summed E-state index contributed by atoms with van der Waals surface area (Å²) in [6.45, 7) is 3.89. The van der Waals surface area contributed by atoms with E-state index >= 15 is 0 Å². The molecule has 0 aliphatic carbocycles. The molecule has 1 aromatic rings. The van der Waals surface area contributed by atoms with Gasteiger partial charge >= 0.3 is 0 Å². The van der Waals surface area contributed by atoms with Gasteiger partial charge in [0.1, 0.15) is 4.88 Å². The summed E-state index contributed by atoms with van der Waals surface area (Å²) >= 11 is 1.47. The summed E-state index contributed by atoms with van der Waals surface area (Å²) in [5, 5.41) is 3.61. The molecule has 3 nitrogen and oxygen atoms in total. The molecule has 0 unspecified atom stereocenters.